The van der Waals surface area contributed by atoms with Crippen molar-refractivity contribution in [3.8, 4) is 0 Å². The van der Waals surface area contributed by atoms with Crippen LogP contribution in [-0.2, 0) is 14.3 Å². The Hall–Kier alpha value is -2.04. The smallest absolute Gasteiger partial charge is 0.320 e. The van der Waals surface area contributed by atoms with Crippen LogP contribution < -0.4 is 10.6 Å². The highest BCUT2D eigenvalue weighted by Crippen LogP contribution is 2.30. The minimum atomic E-state index is -0.913. The normalized spacial score (nSPS) is 27.1. The number of carboxylic acids is 1. The molecule has 2 saturated heterocycles. The zero-order chi connectivity index (χ0) is 21.3. The maximum Gasteiger partial charge on any atom is 0.320 e. The van der Waals surface area contributed by atoms with Gasteiger partial charge in [0.25, 0.3) is 5.91 Å². The number of aliphatic carboxylic acids is 1. The number of amides is 1. The van der Waals surface area contributed by atoms with E-state index in [-0.39, 0.29) is 24.2 Å². The molecule has 0 bridgehead atoms. The number of halogens is 1. The van der Waals surface area contributed by atoms with E-state index in [2.05, 4.69) is 10.6 Å². The average Bonchev–Trinajstić information content (AvgIpc) is 3.48. The molecule has 3 heterocycles. The molecule has 0 radical (unpaired) electrons. The summed E-state index contributed by atoms with van der Waals surface area (Å²) < 4.78 is 5.96. The summed E-state index contributed by atoms with van der Waals surface area (Å²) in [7, 11) is 0. The van der Waals surface area contributed by atoms with Crippen LogP contribution in [0.25, 0.3) is 0 Å². The van der Waals surface area contributed by atoms with E-state index >= 15 is 0 Å². The first-order chi connectivity index (χ1) is 14.4. The topological polar surface area (TPSA) is 108 Å². The van der Waals surface area contributed by atoms with Crippen LogP contribution in [0.1, 0.15) is 16.1 Å². The lowest BCUT2D eigenvalue weighted by molar-refractivity contribution is -0.139. The predicted molar refractivity (Wildman–Crippen MR) is 112 cm³/mol. The molecule has 0 spiro atoms. The van der Waals surface area contributed by atoms with Crippen LogP contribution in [0, 0.1) is 5.92 Å². The van der Waals surface area contributed by atoms with Crippen molar-refractivity contribution in [3.05, 3.63) is 44.6 Å². The molecule has 3 aliphatic rings. The van der Waals surface area contributed by atoms with Crippen molar-refractivity contribution >= 4 is 40.6 Å². The summed E-state index contributed by atoms with van der Waals surface area (Å²) in [6.07, 6.45) is 4.02. The number of carbonyl (C=O) groups is 3. The van der Waals surface area contributed by atoms with Gasteiger partial charge in [-0.2, -0.15) is 0 Å². The van der Waals surface area contributed by atoms with E-state index in [1.165, 1.54) is 11.3 Å². The van der Waals surface area contributed by atoms with Gasteiger partial charge in [0.05, 0.1) is 28.6 Å². The minimum Gasteiger partial charge on any atom is -0.480 e. The standard InChI is InChI=1S/C20H22ClN3O5S/c21-17-2-1-16(30-17)19(26)23-8-11-5-13(12-7-14(20(27)28)22-9-12)18(25)15(6-11)24-3-4-29-10-24/h1-2,5-6,12,14-15,22H,3-4,7-10H2,(H,23,26)(H,27,28)/t12?,14-,15?/m0/s1. The molecule has 0 aromatic carbocycles. The third kappa shape index (κ3) is 4.50. The lowest BCUT2D eigenvalue weighted by Crippen LogP contribution is -2.42. The molecule has 2 unspecified atom stereocenters. The number of carboxylic acid groups (broad SMARTS) is 1. The number of rotatable bonds is 6. The van der Waals surface area contributed by atoms with Gasteiger partial charge >= 0.3 is 5.97 Å². The molecule has 3 N–H and O–H groups in total. The second-order valence-electron chi connectivity index (χ2n) is 7.52. The summed E-state index contributed by atoms with van der Waals surface area (Å²) in [5.41, 5.74) is 1.42. The number of ketones is 1. The molecular formula is C20H22ClN3O5S. The van der Waals surface area contributed by atoms with Gasteiger partial charge in [-0.15, -0.1) is 11.3 Å². The number of ether oxygens (including phenoxy) is 1. The highest BCUT2D eigenvalue weighted by molar-refractivity contribution is 7.18. The van der Waals surface area contributed by atoms with Crippen LogP contribution in [0.2, 0.25) is 4.34 Å². The zero-order valence-electron chi connectivity index (χ0n) is 16.1. The van der Waals surface area contributed by atoms with E-state index in [4.69, 9.17) is 16.3 Å². The fraction of sp³-hybridized carbons (Fsp3) is 0.450. The summed E-state index contributed by atoms with van der Waals surface area (Å²) in [4.78, 5) is 39.4. The van der Waals surface area contributed by atoms with E-state index in [1.807, 2.05) is 11.0 Å². The molecule has 30 heavy (non-hydrogen) atoms. The molecule has 1 aromatic heterocycles. The summed E-state index contributed by atoms with van der Waals surface area (Å²) in [5, 5.41) is 15.1. The highest BCUT2D eigenvalue weighted by atomic mass is 35.5. The summed E-state index contributed by atoms with van der Waals surface area (Å²) in [5.74, 6) is -1.35. The Morgan fingerprint density at radius 1 is 1.40 bits per heavy atom. The van der Waals surface area contributed by atoms with Gasteiger partial charge in [-0.05, 0) is 24.1 Å². The number of thiophene rings is 1. The van der Waals surface area contributed by atoms with Crippen molar-refractivity contribution in [2.45, 2.75) is 18.5 Å². The third-order valence-corrected chi connectivity index (χ3v) is 6.79. The molecule has 0 saturated carbocycles. The van der Waals surface area contributed by atoms with E-state index < -0.39 is 18.1 Å². The molecule has 1 aromatic rings. The molecule has 10 heteroatoms. The Morgan fingerprint density at radius 2 is 2.23 bits per heavy atom. The molecule has 3 atom stereocenters. The monoisotopic (exact) mass is 451 g/mol. The van der Waals surface area contributed by atoms with Crippen molar-refractivity contribution in [1.29, 1.82) is 0 Å². The predicted octanol–water partition coefficient (Wildman–Crippen LogP) is 1.29. The van der Waals surface area contributed by atoms with Crippen LogP contribution in [0.4, 0.5) is 0 Å². The van der Waals surface area contributed by atoms with Gasteiger partial charge in [-0.3, -0.25) is 19.3 Å². The maximum atomic E-state index is 13.2. The fourth-order valence-corrected chi connectivity index (χ4v) is 4.94. The quantitative estimate of drug-likeness (QED) is 0.598. The average molecular weight is 452 g/mol. The van der Waals surface area contributed by atoms with Crippen LogP contribution >= 0.6 is 22.9 Å². The first kappa shape index (κ1) is 21.2. The highest BCUT2D eigenvalue weighted by Gasteiger charge is 2.39. The van der Waals surface area contributed by atoms with Gasteiger partial charge in [-0.25, -0.2) is 0 Å². The van der Waals surface area contributed by atoms with Gasteiger partial charge in [0.15, 0.2) is 5.78 Å². The van der Waals surface area contributed by atoms with Crippen molar-refractivity contribution in [2.75, 3.05) is 33.0 Å². The lowest BCUT2D eigenvalue weighted by Gasteiger charge is -2.29. The van der Waals surface area contributed by atoms with E-state index in [9.17, 15) is 19.5 Å². The van der Waals surface area contributed by atoms with Crippen LogP contribution in [0.15, 0.2) is 35.4 Å². The van der Waals surface area contributed by atoms with Crippen LogP contribution in [-0.4, -0.2) is 72.7 Å². The Labute approximate surface area is 182 Å². The van der Waals surface area contributed by atoms with Crippen LogP contribution in [0.3, 0.4) is 0 Å². The molecule has 1 amide bonds. The molecule has 4 rings (SSSR count). The number of hydrogen-bond acceptors (Lipinski definition) is 7. The molecule has 8 nitrogen and oxygen atoms in total. The molecule has 2 fully saturated rings. The molecular weight excluding hydrogens is 430 g/mol. The number of hydrogen-bond donors (Lipinski definition) is 3. The van der Waals surface area contributed by atoms with E-state index in [0.29, 0.717) is 47.6 Å². The second kappa shape index (κ2) is 8.99. The van der Waals surface area contributed by atoms with Crippen molar-refractivity contribution in [3.63, 3.8) is 0 Å². The minimum absolute atomic E-state index is 0.0292. The van der Waals surface area contributed by atoms with Gasteiger partial charge in [-0.1, -0.05) is 23.8 Å². The Bertz CT molecular complexity index is 921. The van der Waals surface area contributed by atoms with Crippen molar-refractivity contribution < 1.29 is 24.2 Å². The van der Waals surface area contributed by atoms with Gasteiger partial charge < -0.3 is 20.5 Å². The molecule has 2 aliphatic heterocycles. The summed E-state index contributed by atoms with van der Waals surface area (Å²) >= 11 is 7.11. The SMILES string of the molecule is O=C(NCC1=CC(N2CCOC2)C(=O)C(C2CN[C@H](C(=O)O)C2)=C1)c1ccc(Cl)s1. The first-order valence-electron chi connectivity index (χ1n) is 9.70. The molecule has 160 valence electrons. The fourth-order valence-electron chi connectivity index (χ4n) is 3.98. The third-order valence-electron chi connectivity index (χ3n) is 5.56. The van der Waals surface area contributed by atoms with Gasteiger partial charge in [0.2, 0.25) is 0 Å². The lowest BCUT2D eigenvalue weighted by atomic mass is 9.84. The van der Waals surface area contributed by atoms with E-state index in [1.54, 1.807) is 18.2 Å². The Kier molecular flexibility index (Phi) is 6.35. The van der Waals surface area contributed by atoms with Crippen molar-refractivity contribution in [2.24, 2.45) is 5.92 Å². The van der Waals surface area contributed by atoms with Crippen molar-refractivity contribution in [1.82, 2.24) is 15.5 Å². The number of nitrogens with one attached hydrogen (secondary N) is 2. The first-order valence-corrected chi connectivity index (χ1v) is 10.9. The number of nitrogens with zero attached hydrogens (tertiary/aromatic N) is 1. The zero-order valence-corrected chi connectivity index (χ0v) is 17.7. The Balaban J connectivity index is 1.52. The van der Waals surface area contributed by atoms with Crippen LogP contribution in [0.5, 0.6) is 0 Å². The maximum absolute atomic E-state index is 13.2. The second-order valence-corrected chi connectivity index (χ2v) is 9.23. The largest absolute Gasteiger partial charge is 0.480 e. The van der Waals surface area contributed by atoms with E-state index in [0.717, 1.165) is 5.57 Å². The summed E-state index contributed by atoms with van der Waals surface area (Å²) in [6.45, 7) is 2.28. The Morgan fingerprint density at radius 3 is 2.87 bits per heavy atom. The molecule has 1 aliphatic carbocycles. The number of Topliss-reactive ketones (excluding diaryl/α,β-unsaturated/α-hetero) is 1. The van der Waals surface area contributed by atoms with Gasteiger partial charge in [0, 0.05) is 31.1 Å². The van der Waals surface area contributed by atoms with Gasteiger partial charge in [0.1, 0.15) is 6.04 Å². The number of carbonyl (C=O) groups excluding carboxylic acids is 2. The summed E-state index contributed by atoms with van der Waals surface area (Å²) in [6, 6.07) is 2.21.